The molecule has 5 nitrogen and oxygen atoms in total. The predicted molar refractivity (Wildman–Crippen MR) is 131 cm³/mol. The fraction of sp³-hybridized carbons (Fsp3) is 0.333. The van der Waals surface area contributed by atoms with Crippen molar-refractivity contribution in [3.05, 3.63) is 78.8 Å². The van der Waals surface area contributed by atoms with E-state index in [9.17, 15) is 0 Å². The number of pyridine rings is 2. The van der Waals surface area contributed by atoms with Crippen molar-refractivity contribution in [3.8, 4) is 17.0 Å². The molecule has 0 saturated carbocycles. The molecule has 166 valence electrons. The molecule has 32 heavy (non-hydrogen) atoms. The Morgan fingerprint density at radius 2 is 1.72 bits per heavy atom. The minimum absolute atomic E-state index is 0.133. The van der Waals surface area contributed by atoms with E-state index in [1.54, 1.807) is 6.20 Å². The molecule has 4 aromatic rings. The smallest absolute Gasteiger partial charge is 0.181 e. The summed E-state index contributed by atoms with van der Waals surface area (Å²) in [6, 6.07) is 18.1. The largest absolute Gasteiger partial charge is 0.485 e. The first-order chi connectivity index (χ1) is 15.2. The molecule has 0 unspecified atom stereocenters. The maximum atomic E-state index is 6.19. The van der Waals surface area contributed by atoms with E-state index < -0.39 is 0 Å². The Balaban J connectivity index is 1.76. The van der Waals surface area contributed by atoms with Crippen LogP contribution >= 0.6 is 0 Å². The molecule has 5 heteroatoms. The summed E-state index contributed by atoms with van der Waals surface area (Å²) in [5, 5.41) is 3.78. The van der Waals surface area contributed by atoms with Crippen LogP contribution in [0.1, 0.15) is 46.6 Å². The Morgan fingerprint density at radius 3 is 2.41 bits per heavy atom. The van der Waals surface area contributed by atoms with Crippen molar-refractivity contribution >= 4 is 11.5 Å². The molecule has 0 aliphatic carbocycles. The maximum Gasteiger partial charge on any atom is 0.181 e. The van der Waals surface area contributed by atoms with Crippen LogP contribution in [0.3, 0.4) is 0 Å². The molecular weight excluding hydrogens is 396 g/mol. The minimum Gasteiger partial charge on any atom is -0.485 e. The number of imidazole rings is 1. The molecular formula is C27H32N4O. The monoisotopic (exact) mass is 428 g/mol. The van der Waals surface area contributed by atoms with Crippen molar-refractivity contribution in [2.24, 2.45) is 5.41 Å². The van der Waals surface area contributed by atoms with Gasteiger partial charge >= 0.3 is 0 Å². The molecule has 1 aromatic carbocycles. The topological polar surface area (TPSA) is 51.5 Å². The molecule has 0 fully saturated rings. The van der Waals surface area contributed by atoms with Gasteiger partial charge in [0.25, 0.3) is 0 Å². The maximum absolute atomic E-state index is 6.19. The predicted octanol–water partition coefficient (Wildman–Crippen LogP) is 6.60. The highest BCUT2D eigenvalue weighted by atomic mass is 16.5. The van der Waals surface area contributed by atoms with Crippen LogP contribution in [0.2, 0.25) is 0 Å². The average molecular weight is 429 g/mol. The highest BCUT2D eigenvalue weighted by Crippen LogP contribution is 2.36. The van der Waals surface area contributed by atoms with Crippen LogP contribution in [0, 0.1) is 5.41 Å². The number of benzene rings is 1. The second-order valence-electron chi connectivity index (χ2n) is 10.1. The minimum atomic E-state index is -0.133. The number of hydrogen-bond acceptors (Lipinski definition) is 4. The Kier molecular flexibility index (Phi) is 5.92. The van der Waals surface area contributed by atoms with E-state index in [4.69, 9.17) is 9.72 Å². The van der Waals surface area contributed by atoms with Crippen LogP contribution < -0.4 is 10.1 Å². The van der Waals surface area contributed by atoms with Gasteiger partial charge in [0.15, 0.2) is 11.4 Å². The normalized spacial score (nSPS) is 12.2. The number of nitrogens with one attached hydrogen (secondary N) is 1. The highest BCUT2D eigenvalue weighted by molar-refractivity contribution is 5.78. The number of ether oxygens (including phenoxy) is 1. The van der Waals surface area contributed by atoms with Gasteiger partial charge in [0.2, 0.25) is 0 Å². The van der Waals surface area contributed by atoms with Crippen LogP contribution in [0.4, 0.5) is 5.82 Å². The lowest BCUT2D eigenvalue weighted by Gasteiger charge is -2.34. The van der Waals surface area contributed by atoms with Gasteiger partial charge in [-0.2, -0.15) is 0 Å². The van der Waals surface area contributed by atoms with E-state index in [0.717, 1.165) is 40.5 Å². The van der Waals surface area contributed by atoms with Crippen LogP contribution in [0.5, 0.6) is 5.75 Å². The van der Waals surface area contributed by atoms with Crippen molar-refractivity contribution in [1.29, 1.82) is 0 Å². The third kappa shape index (κ3) is 5.10. The third-order valence-electron chi connectivity index (χ3n) is 5.22. The quantitative estimate of drug-likeness (QED) is 0.360. The van der Waals surface area contributed by atoms with Crippen LogP contribution in [0.25, 0.3) is 16.9 Å². The van der Waals surface area contributed by atoms with Gasteiger partial charge in [0, 0.05) is 29.7 Å². The summed E-state index contributed by atoms with van der Waals surface area (Å²) in [5.41, 5.74) is 3.81. The number of hydrogen-bond donors (Lipinski definition) is 1. The van der Waals surface area contributed by atoms with Crippen molar-refractivity contribution in [1.82, 2.24) is 14.4 Å². The second-order valence-corrected chi connectivity index (χ2v) is 10.1. The summed E-state index contributed by atoms with van der Waals surface area (Å²) in [4.78, 5) is 9.33. The molecule has 1 N–H and O–H groups in total. The SMILES string of the molecule is CC(C)(C)CC(C)(C)Nc1c(-c2cccnc2)nc2c(OCc3ccccc3)cccn12. The summed E-state index contributed by atoms with van der Waals surface area (Å²) < 4.78 is 8.28. The van der Waals surface area contributed by atoms with Gasteiger partial charge in [-0.3, -0.25) is 9.38 Å². The van der Waals surface area contributed by atoms with Gasteiger partial charge in [-0.05, 0) is 55.5 Å². The lowest BCUT2D eigenvalue weighted by molar-refractivity contribution is 0.301. The number of rotatable bonds is 7. The molecule has 0 atom stereocenters. The molecule has 0 amide bonds. The molecule has 4 rings (SSSR count). The molecule has 0 spiro atoms. The van der Waals surface area contributed by atoms with Gasteiger partial charge in [0.1, 0.15) is 18.1 Å². The highest BCUT2D eigenvalue weighted by Gasteiger charge is 2.28. The zero-order valence-corrected chi connectivity index (χ0v) is 19.6. The summed E-state index contributed by atoms with van der Waals surface area (Å²) in [5.74, 6) is 1.70. The van der Waals surface area contributed by atoms with Gasteiger partial charge in [-0.15, -0.1) is 0 Å². The summed E-state index contributed by atoms with van der Waals surface area (Å²) >= 11 is 0. The van der Waals surface area contributed by atoms with Crippen LogP contribution in [0.15, 0.2) is 73.2 Å². The Hall–Kier alpha value is -3.34. The van der Waals surface area contributed by atoms with Gasteiger partial charge in [0.05, 0.1) is 0 Å². The Morgan fingerprint density at radius 1 is 0.938 bits per heavy atom. The number of fused-ring (bicyclic) bond motifs is 1. The fourth-order valence-corrected chi connectivity index (χ4v) is 4.40. The molecule has 0 saturated heterocycles. The van der Waals surface area contributed by atoms with E-state index in [1.165, 1.54) is 0 Å². The average Bonchev–Trinajstić information content (AvgIpc) is 3.10. The fourth-order valence-electron chi connectivity index (χ4n) is 4.40. The standard InChI is InChI=1S/C27H32N4O/c1-26(2,3)19-27(4,5)30-25-23(21-13-9-15-28-17-21)29-24-22(14-10-16-31(24)25)32-18-20-11-7-6-8-12-20/h6-17,30H,18-19H2,1-5H3. The zero-order valence-electron chi connectivity index (χ0n) is 19.6. The zero-order chi connectivity index (χ0) is 22.8. The van der Waals surface area contributed by atoms with Crippen molar-refractivity contribution in [3.63, 3.8) is 0 Å². The second kappa shape index (κ2) is 8.65. The first-order valence-electron chi connectivity index (χ1n) is 11.1. The first kappa shape index (κ1) is 21.9. The molecule has 3 aromatic heterocycles. The molecule has 0 radical (unpaired) electrons. The van der Waals surface area contributed by atoms with Gasteiger partial charge < -0.3 is 10.1 Å². The first-order valence-corrected chi connectivity index (χ1v) is 11.1. The number of aromatic nitrogens is 3. The van der Waals surface area contributed by atoms with E-state index in [0.29, 0.717) is 6.61 Å². The molecule has 0 aliphatic rings. The van der Waals surface area contributed by atoms with E-state index in [-0.39, 0.29) is 11.0 Å². The number of anilines is 1. The van der Waals surface area contributed by atoms with Crippen LogP contribution in [-0.2, 0) is 6.61 Å². The lowest BCUT2D eigenvalue weighted by atomic mass is 9.82. The van der Waals surface area contributed by atoms with E-state index in [1.807, 2.05) is 54.9 Å². The van der Waals surface area contributed by atoms with E-state index in [2.05, 4.69) is 61.5 Å². The van der Waals surface area contributed by atoms with Crippen molar-refractivity contribution in [2.45, 2.75) is 53.2 Å². The van der Waals surface area contributed by atoms with Crippen molar-refractivity contribution in [2.75, 3.05) is 5.32 Å². The number of nitrogens with zero attached hydrogens (tertiary/aromatic N) is 3. The van der Waals surface area contributed by atoms with Gasteiger partial charge in [-0.25, -0.2) is 4.98 Å². The molecule has 0 bridgehead atoms. The summed E-state index contributed by atoms with van der Waals surface area (Å²) in [7, 11) is 0. The van der Waals surface area contributed by atoms with Gasteiger partial charge in [-0.1, -0.05) is 51.1 Å². The molecule has 3 heterocycles. The van der Waals surface area contributed by atoms with Crippen molar-refractivity contribution < 1.29 is 4.74 Å². The Labute approximate surface area is 190 Å². The third-order valence-corrected chi connectivity index (χ3v) is 5.22. The summed E-state index contributed by atoms with van der Waals surface area (Å²) in [6.45, 7) is 11.8. The Bertz CT molecular complexity index is 1170. The molecule has 0 aliphatic heterocycles. The summed E-state index contributed by atoms with van der Waals surface area (Å²) in [6.07, 6.45) is 6.68. The van der Waals surface area contributed by atoms with E-state index >= 15 is 0 Å². The lowest BCUT2D eigenvalue weighted by Crippen LogP contribution is -2.36. The van der Waals surface area contributed by atoms with Crippen LogP contribution in [-0.4, -0.2) is 19.9 Å².